The van der Waals surface area contributed by atoms with E-state index in [4.69, 9.17) is 0 Å². The predicted octanol–water partition coefficient (Wildman–Crippen LogP) is 4.42. The highest BCUT2D eigenvalue weighted by molar-refractivity contribution is 5.96. The van der Waals surface area contributed by atoms with Crippen LogP contribution >= 0.6 is 0 Å². The Balaban J connectivity index is 1.25. The number of pyridine rings is 1. The maximum atomic E-state index is 13.5. The number of aromatic nitrogens is 3. The Labute approximate surface area is 242 Å². The van der Waals surface area contributed by atoms with Crippen molar-refractivity contribution in [3.63, 3.8) is 0 Å². The van der Waals surface area contributed by atoms with E-state index < -0.39 is 29.4 Å². The SMILES string of the molecule is Cc1cc(N2CCC(N(C)C(=O)c3ccc4c(c3)C(NC(=O)c3cccnc3C(F)(F)F)CC4)CC2)nc(N(C)C)n1. The van der Waals surface area contributed by atoms with Crippen molar-refractivity contribution in [2.24, 2.45) is 0 Å². The largest absolute Gasteiger partial charge is 0.434 e. The van der Waals surface area contributed by atoms with Gasteiger partial charge in [0, 0.05) is 63.8 Å². The molecule has 5 rings (SSSR count). The fraction of sp³-hybridized carbons (Fsp3) is 0.433. The summed E-state index contributed by atoms with van der Waals surface area (Å²) < 4.78 is 40.2. The van der Waals surface area contributed by atoms with Gasteiger partial charge in [0.1, 0.15) is 5.82 Å². The minimum Gasteiger partial charge on any atom is -0.356 e. The van der Waals surface area contributed by atoms with Gasteiger partial charge in [-0.3, -0.25) is 14.6 Å². The summed E-state index contributed by atoms with van der Waals surface area (Å²) in [5.74, 6) is 0.559. The Kier molecular flexibility index (Phi) is 8.07. The molecule has 1 aromatic carbocycles. The number of alkyl halides is 3. The highest BCUT2D eigenvalue weighted by Gasteiger charge is 2.38. The van der Waals surface area contributed by atoms with Gasteiger partial charge in [-0.05, 0) is 68.0 Å². The number of halogens is 3. The summed E-state index contributed by atoms with van der Waals surface area (Å²) in [6.07, 6.45) is -0.990. The van der Waals surface area contributed by atoms with E-state index in [2.05, 4.69) is 25.2 Å². The van der Waals surface area contributed by atoms with Gasteiger partial charge in [-0.2, -0.15) is 18.2 Å². The summed E-state index contributed by atoms with van der Waals surface area (Å²) in [6.45, 7) is 3.44. The lowest BCUT2D eigenvalue weighted by atomic mass is 10.00. The van der Waals surface area contributed by atoms with Crippen LogP contribution in [0.25, 0.3) is 0 Å². The third kappa shape index (κ3) is 6.02. The van der Waals surface area contributed by atoms with Crippen LogP contribution in [0.4, 0.5) is 24.9 Å². The number of fused-ring (bicyclic) bond motifs is 1. The Hall–Kier alpha value is -4.22. The molecule has 2 aliphatic rings. The van der Waals surface area contributed by atoms with E-state index in [0.717, 1.165) is 60.8 Å². The number of benzene rings is 1. The number of hydrogen-bond donors (Lipinski definition) is 1. The zero-order chi connectivity index (χ0) is 30.2. The number of amides is 2. The van der Waals surface area contributed by atoms with Crippen molar-refractivity contribution < 1.29 is 22.8 Å². The van der Waals surface area contributed by atoms with Crippen LogP contribution in [-0.4, -0.2) is 71.9 Å². The summed E-state index contributed by atoms with van der Waals surface area (Å²) in [4.78, 5) is 44.8. The van der Waals surface area contributed by atoms with Crippen molar-refractivity contribution in [2.75, 3.05) is 44.0 Å². The van der Waals surface area contributed by atoms with Crippen LogP contribution in [0.1, 0.15) is 68.5 Å². The minimum absolute atomic E-state index is 0.0418. The van der Waals surface area contributed by atoms with E-state index in [1.807, 2.05) is 38.1 Å². The zero-order valence-corrected chi connectivity index (χ0v) is 24.1. The fourth-order valence-corrected chi connectivity index (χ4v) is 5.69. The van der Waals surface area contributed by atoms with E-state index in [9.17, 15) is 22.8 Å². The summed E-state index contributed by atoms with van der Waals surface area (Å²) in [7, 11) is 5.62. The Morgan fingerprint density at radius 2 is 1.76 bits per heavy atom. The number of piperidine rings is 1. The van der Waals surface area contributed by atoms with E-state index in [0.29, 0.717) is 24.4 Å². The van der Waals surface area contributed by atoms with Crippen molar-refractivity contribution >= 4 is 23.6 Å². The maximum absolute atomic E-state index is 13.5. The number of aryl methyl sites for hydroxylation is 2. The van der Waals surface area contributed by atoms with Crippen molar-refractivity contribution in [1.82, 2.24) is 25.2 Å². The van der Waals surface area contributed by atoms with Gasteiger partial charge in [0.05, 0.1) is 11.6 Å². The molecule has 2 amide bonds. The molecule has 1 aliphatic carbocycles. The fourth-order valence-electron chi connectivity index (χ4n) is 5.69. The van der Waals surface area contributed by atoms with Gasteiger partial charge in [-0.25, -0.2) is 4.98 Å². The van der Waals surface area contributed by atoms with Crippen LogP contribution in [-0.2, 0) is 12.6 Å². The van der Waals surface area contributed by atoms with E-state index >= 15 is 0 Å². The number of nitrogens with one attached hydrogen (secondary N) is 1. The topological polar surface area (TPSA) is 94.6 Å². The normalized spacial score (nSPS) is 17.1. The van der Waals surface area contributed by atoms with Gasteiger partial charge in [0.15, 0.2) is 5.69 Å². The molecule has 1 fully saturated rings. The molecule has 0 radical (unpaired) electrons. The van der Waals surface area contributed by atoms with Crippen LogP contribution in [0, 0.1) is 6.92 Å². The van der Waals surface area contributed by atoms with Crippen molar-refractivity contribution in [2.45, 2.75) is 50.9 Å². The molecule has 42 heavy (non-hydrogen) atoms. The van der Waals surface area contributed by atoms with E-state index in [1.165, 1.54) is 6.07 Å². The molecule has 0 spiro atoms. The predicted molar refractivity (Wildman–Crippen MR) is 153 cm³/mol. The lowest BCUT2D eigenvalue weighted by Crippen LogP contribution is -2.46. The average Bonchev–Trinajstić information content (AvgIpc) is 3.37. The summed E-state index contributed by atoms with van der Waals surface area (Å²) >= 11 is 0. The Bertz CT molecular complexity index is 1490. The quantitative estimate of drug-likeness (QED) is 0.461. The molecule has 12 heteroatoms. The third-order valence-corrected chi connectivity index (χ3v) is 7.98. The van der Waals surface area contributed by atoms with Gasteiger partial charge in [0.25, 0.3) is 11.8 Å². The summed E-state index contributed by atoms with van der Waals surface area (Å²) in [6, 6.07) is 9.36. The first-order valence-corrected chi connectivity index (χ1v) is 13.9. The van der Waals surface area contributed by atoms with Crippen LogP contribution < -0.4 is 15.1 Å². The van der Waals surface area contributed by atoms with Crippen LogP contribution in [0.5, 0.6) is 0 Å². The molecule has 222 valence electrons. The molecule has 3 aromatic rings. The number of hydrogen-bond acceptors (Lipinski definition) is 7. The number of nitrogens with zero attached hydrogens (tertiary/aromatic N) is 6. The summed E-state index contributed by atoms with van der Waals surface area (Å²) in [5.41, 5.74) is 1.36. The number of rotatable bonds is 6. The summed E-state index contributed by atoms with van der Waals surface area (Å²) in [5, 5.41) is 2.74. The minimum atomic E-state index is -4.75. The first kappa shape index (κ1) is 29.3. The van der Waals surface area contributed by atoms with Crippen molar-refractivity contribution in [1.29, 1.82) is 0 Å². The standard InChI is InChI=1S/C30H34F3N7O2/c1-18-16-25(37-29(35-18)38(2)3)40-14-11-21(12-15-40)39(4)28(42)20-8-7-19-9-10-24(23(19)17-20)36-27(41)22-6-5-13-34-26(22)30(31,32)33/h5-8,13,16-17,21,24H,9-12,14-15H2,1-4H3,(H,36,41). The van der Waals surface area contributed by atoms with Crippen LogP contribution in [0.15, 0.2) is 42.6 Å². The first-order valence-electron chi connectivity index (χ1n) is 13.9. The molecule has 1 unspecified atom stereocenters. The van der Waals surface area contributed by atoms with Gasteiger partial charge >= 0.3 is 6.18 Å². The van der Waals surface area contributed by atoms with Gasteiger partial charge in [-0.1, -0.05) is 6.07 Å². The molecule has 1 aliphatic heterocycles. The Morgan fingerprint density at radius 3 is 2.45 bits per heavy atom. The third-order valence-electron chi connectivity index (χ3n) is 7.98. The van der Waals surface area contributed by atoms with Crippen LogP contribution in [0.2, 0.25) is 0 Å². The highest BCUT2D eigenvalue weighted by Crippen LogP contribution is 2.34. The monoisotopic (exact) mass is 581 g/mol. The van der Waals surface area contributed by atoms with Crippen molar-refractivity contribution in [3.8, 4) is 0 Å². The molecule has 1 atom stereocenters. The maximum Gasteiger partial charge on any atom is 0.434 e. The van der Waals surface area contributed by atoms with Crippen molar-refractivity contribution in [3.05, 3.63) is 76.2 Å². The number of anilines is 2. The smallest absolute Gasteiger partial charge is 0.356 e. The lowest BCUT2D eigenvalue weighted by molar-refractivity contribution is -0.141. The molecule has 3 heterocycles. The lowest BCUT2D eigenvalue weighted by Gasteiger charge is -2.37. The first-order chi connectivity index (χ1) is 19.9. The zero-order valence-electron chi connectivity index (χ0n) is 24.1. The molecule has 2 aromatic heterocycles. The second kappa shape index (κ2) is 11.6. The molecule has 0 bridgehead atoms. The number of carbonyl (C=O) groups excluding carboxylic acids is 2. The Morgan fingerprint density at radius 1 is 1.02 bits per heavy atom. The van der Waals surface area contributed by atoms with Crippen LogP contribution in [0.3, 0.4) is 0 Å². The second-order valence-electron chi connectivity index (χ2n) is 11.1. The molecular weight excluding hydrogens is 547 g/mol. The van der Waals surface area contributed by atoms with Gasteiger partial charge < -0.3 is 20.0 Å². The van der Waals surface area contributed by atoms with Gasteiger partial charge in [-0.15, -0.1) is 0 Å². The molecular formula is C30H34F3N7O2. The molecule has 1 saturated heterocycles. The number of carbonyl (C=O) groups is 2. The molecule has 9 nitrogen and oxygen atoms in total. The average molecular weight is 582 g/mol. The highest BCUT2D eigenvalue weighted by atomic mass is 19.4. The van der Waals surface area contributed by atoms with E-state index in [1.54, 1.807) is 24.1 Å². The molecule has 1 N–H and O–H groups in total. The molecule has 0 saturated carbocycles. The van der Waals surface area contributed by atoms with Gasteiger partial charge in [0.2, 0.25) is 5.95 Å². The second-order valence-corrected chi connectivity index (χ2v) is 11.1. The van der Waals surface area contributed by atoms with E-state index in [-0.39, 0.29) is 11.9 Å².